The second-order valence-electron chi connectivity index (χ2n) is 5.18. The third-order valence-corrected chi connectivity index (χ3v) is 2.59. The Morgan fingerprint density at radius 1 is 1.41 bits per heavy atom. The van der Waals surface area contributed by atoms with Gasteiger partial charge in [0.05, 0.1) is 6.04 Å². The first-order valence-corrected chi connectivity index (χ1v) is 5.68. The van der Waals surface area contributed by atoms with Crippen LogP contribution >= 0.6 is 0 Å². The van der Waals surface area contributed by atoms with Crippen LogP contribution in [0.5, 0.6) is 0 Å². The molecule has 0 aromatic heterocycles. The molecule has 0 aromatic rings. The van der Waals surface area contributed by atoms with Crippen LogP contribution in [0.15, 0.2) is 0 Å². The van der Waals surface area contributed by atoms with E-state index < -0.39 is 29.7 Å². The lowest BCUT2D eigenvalue weighted by Gasteiger charge is -2.38. The van der Waals surface area contributed by atoms with Gasteiger partial charge in [-0.2, -0.15) is 0 Å². The zero-order valence-corrected chi connectivity index (χ0v) is 10.7. The summed E-state index contributed by atoms with van der Waals surface area (Å²) >= 11 is 0. The lowest BCUT2D eigenvalue weighted by molar-refractivity contribution is -0.141. The number of piperazine rings is 1. The Morgan fingerprint density at radius 3 is 2.47 bits per heavy atom. The molecule has 6 nitrogen and oxygen atoms in total. The molecule has 17 heavy (non-hydrogen) atoms. The van der Waals surface area contributed by atoms with Crippen LogP contribution < -0.4 is 5.32 Å². The number of hydrogen-bond acceptors (Lipinski definition) is 4. The smallest absolute Gasteiger partial charge is 0.410 e. The summed E-state index contributed by atoms with van der Waals surface area (Å²) in [6.45, 7) is 7.97. The molecule has 0 bridgehead atoms. The van der Waals surface area contributed by atoms with Gasteiger partial charge >= 0.3 is 12.1 Å². The molecule has 0 radical (unpaired) electrons. The molecule has 0 aliphatic carbocycles. The molecule has 1 unspecified atom stereocenters. The maximum Gasteiger partial charge on any atom is 0.410 e. The summed E-state index contributed by atoms with van der Waals surface area (Å²) in [4.78, 5) is 24.3. The molecule has 1 aliphatic heterocycles. The van der Waals surface area contributed by atoms with E-state index in [0.29, 0.717) is 13.1 Å². The highest BCUT2D eigenvalue weighted by Gasteiger charge is 2.36. The van der Waals surface area contributed by atoms with Gasteiger partial charge in [-0.3, -0.25) is 4.79 Å². The van der Waals surface area contributed by atoms with Gasteiger partial charge in [-0.15, -0.1) is 0 Å². The van der Waals surface area contributed by atoms with Crippen molar-refractivity contribution in [2.45, 2.75) is 45.4 Å². The van der Waals surface area contributed by atoms with Gasteiger partial charge in [0.1, 0.15) is 11.6 Å². The maximum absolute atomic E-state index is 11.9. The monoisotopic (exact) mass is 244 g/mol. The van der Waals surface area contributed by atoms with Crippen molar-refractivity contribution in [3.05, 3.63) is 0 Å². The van der Waals surface area contributed by atoms with Gasteiger partial charge in [0, 0.05) is 13.1 Å². The SMILES string of the molecule is CC1[C@@H](C(=O)O)NCCN1C(=O)OC(C)(C)C. The van der Waals surface area contributed by atoms with Crippen molar-refractivity contribution < 1.29 is 19.4 Å². The number of amides is 1. The van der Waals surface area contributed by atoms with Crippen LogP contribution in [0.2, 0.25) is 0 Å². The van der Waals surface area contributed by atoms with Crippen LogP contribution in [0.4, 0.5) is 4.79 Å². The fourth-order valence-corrected chi connectivity index (χ4v) is 1.77. The molecular formula is C11H20N2O4. The molecule has 98 valence electrons. The predicted molar refractivity (Wildman–Crippen MR) is 61.8 cm³/mol. The van der Waals surface area contributed by atoms with E-state index in [2.05, 4.69) is 5.32 Å². The molecule has 1 aliphatic rings. The fourth-order valence-electron chi connectivity index (χ4n) is 1.77. The van der Waals surface area contributed by atoms with Crippen molar-refractivity contribution in [1.29, 1.82) is 0 Å². The topological polar surface area (TPSA) is 78.9 Å². The summed E-state index contributed by atoms with van der Waals surface area (Å²) in [5.41, 5.74) is -0.569. The van der Waals surface area contributed by atoms with Gasteiger partial charge in [-0.05, 0) is 27.7 Å². The molecule has 2 atom stereocenters. The lowest BCUT2D eigenvalue weighted by Crippen LogP contribution is -2.61. The number of ether oxygens (including phenoxy) is 1. The minimum atomic E-state index is -0.953. The number of carbonyl (C=O) groups is 2. The quantitative estimate of drug-likeness (QED) is 0.708. The van der Waals surface area contributed by atoms with Crippen LogP contribution in [0.3, 0.4) is 0 Å². The van der Waals surface area contributed by atoms with Gasteiger partial charge in [0.25, 0.3) is 0 Å². The maximum atomic E-state index is 11.9. The first-order chi connectivity index (χ1) is 7.72. The van der Waals surface area contributed by atoms with E-state index in [-0.39, 0.29) is 0 Å². The number of nitrogens with one attached hydrogen (secondary N) is 1. The van der Waals surface area contributed by atoms with E-state index in [1.165, 1.54) is 4.90 Å². The number of carbonyl (C=O) groups excluding carboxylic acids is 1. The molecule has 1 rings (SSSR count). The molecule has 0 saturated carbocycles. The van der Waals surface area contributed by atoms with Crippen LogP contribution in [0.1, 0.15) is 27.7 Å². The van der Waals surface area contributed by atoms with Crippen LogP contribution in [-0.4, -0.2) is 52.8 Å². The Bertz CT molecular complexity index is 311. The Kier molecular flexibility index (Phi) is 3.98. The highest BCUT2D eigenvalue weighted by Crippen LogP contribution is 2.15. The van der Waals surface area contributed by atoms with Crippen molar-refractivity contribution in [3.63, 3.8) is 0 Å². The third-order valence-electron chi connectivity index (χ3n) is 2.59. The Morgan fingerprint density at radius 2 is 2.00 bits per heavy atom. The zero-order valence-electron chi connectivity index (χ0n) is 10.7. The molecule has 0 aromatic carbocycles. The van der Waals surface area contributed by atoms with Gasteiger partial charge in [0.15, 0.2) is 0 Å². The van der Waals surface area contributed by atoms with Gasteiger partial charge in [0.2, 0.25) is 0 Å². The predicted octanol–water partition coefficient (Wildman–Crippen LogP) is 0.668. The molecule has 1 saturated heterocycles. The van der Waals surface area contributed by atoms with Crippen LogP contribution in [0.25, 0.3) is 0 Å². The van der Waals surface area contributed by atoms with Crippen LogP contribution in [-0.2, 0) is 9.53 Å². The summed E-state index contributed by atoms with van der Waals surface area (Å²) < 4.78 is 5.24. The summed E-state index contributed by atoms with van der Waals surface area (Å²) in [6.07, 6.45) is -0.460. The molecule has 1 heterocycles. The molecular weight excluding hydrogens is 224 g/mol. The van der Waals surface area contributed by atoms with Gasteiger partial charge in [-0.25, -0.2) is 4.79 Å². The fraction of sp³-hybridized carbons (Fsp3) is 0.818. The van der Waals surface area contributed by atoms with E-state index in [4.69, 9.17) is 9.84 Å². The normalized spacial score (nSPS) is 25.5. The second-order valence-corrected chi connectivity index (χ2v) is 5.18. The number of nitrogens with zero attached hydrogens (tertiary/aromatic N) is 1. The number of rotatable bonds is 1. The minimum absolute atomic E-state index is 0.420. The number of aliphatic carboxylic acids is 1. The Labute approximate surface area is 101 Å². The highest BCUT2D eigenvalue weighted by atomic mass is 16.6. The second kappa shape index (κ2) is 4.91. The van der Waals surface area contributed by atoms with Crippen molar-refractivity contribution in [1.82, 2.24) is 10.2 Å². The standard InChI is InChI=1S/C11H20N2O4/c1-7-8(9(14)15)12-5-6-13(7)10(16)17-11(2,3)4/h7-8,12H,5-6H2,1-4H3,(H,14,15)/t7?,8-/m0/s1. The largest absolute Gasteiger partial charge is 0.480 e. The minimum Gasteiger partial charge on any atom is -0.480 e. The zero-order chi connectivity index (χ0) is 13.2. The van der Waals surface area contributed by atoms with E-state index in [1.54, 1.807) is 27.7 Å². The van der Waals surface area contributed by atoms with E-state index in [9.17, 15) is 9.59 Å². The molecule has 1 fully saturated rings. The molecule has 1 amide bonds. The number of carboxylic acids is 1. The molecule has 0 spiro atoms. The van der Waals surface area contributed by atoms with E-state index in [0.717, 1.165) is 0 Å². The van der Waals surface area contributed by atoms with Gasteiger partial charge in [-0.1, -0.05) is 0 Å². The highest BCUT2D eigenvalue weighted by molar-refractivity contribution is 5.77. The van der Waals surface area contributed by atoms with E-state index >= 15 is 0 Å². The lowest BCUT2D eigenvalue weighted by atomic mass is 10.1. The van der Waals surface area contributed by atoms with Gasteiger partial charge < -0.3 is 20.1 Å². The average Bonchev–Trinajstić information content (AvgIpc) is 2.14. The summed E-state index contributed by atoms with van der Waals surface area (Å²) in [7, 11) is 0. The number of hydrogen-bond donors (Lipinski definition) is 2. The Hall–Kier alpha value is -1.30. The van der Waals surface area contributed by atoms with Crippen molar-refractivity contribution in [3.8, 4) is 0 Å². The van der Waals surface area contributed by atoms with E-state index in [1.807, 2.05) is 0 Å². The summed E-state index contributed by atoms with van der Waals surface area (Å²) in [6, 6.07) is -1.16. The average molecular weight is 244 g/mol. The van der Waals surface area contributed by atoms with Crippen molar-refractivity contribution in [2.24, 2.45) is 0 Å². The summed E-state index contributed by atoms with van der Waals surface area (Å²) in [5, 5.41) is 11.9. The number of carboxylic acid groups (broad SMARTS) is 1. The summed E-state index contributed by atoms with van der Waals surface area (Å²) in [5.74, 6) is -0.953. The van der Waals surface area contributed by atoms with Crippen molar-refractivity contribution in [2.75, 3.05) is 13.1 Å². The molecule has 2 N–H and O–H groups in total. The third kappa shape index (κ3) is 3.59. The first kappa shape index (κ1) is 13.8. The van der Waals surface area contributed by atoms with Crippen LogP contribution in [0, 0.1) is 0 Å². The molecule has 6 heteroatoms. The Balaban J connectivity index is 2.70. The van der Waals surface area contributed by atoms with Crippen molar-refractivity contribution >= 4 is 12.1 Å². The first-order valence-electron chi connectivity index (χ1n) is 5.68.